The Balaban J connectivity index is 1.34. The zero-order valence-electron chi connectivity index (χ0n) is 16.6. The van der Waals surface area contributed by atoms with Crippen LogP contribution < -0.4 is 10.2 Å². The first-order chi connectivity index (χ1) is 14.0. The van der Waals surface area contributed by atoms with Crippen molar-refractivity contribution in [1.29, 1.82) is 5.26 Å². The molecule has 1 amide bonds. The maximum Gasteiger partial charge on any atom is 0.239 e. The minimum Gasteiger partial charge on any atom is -0.506 e. The number of carbonyl (C=O) groups is 1. The van der Waals surface area contributed by atoms with E-state index in [1.54, 1.807) is 17.4 Å². The van der Waals surface area contributed by atoms with E-state index < -0.39 is 0 Å². The summed E-state index contributed by atoms with van der Waals surface area (Å²) in [5.74, 6) is 0.861. The maximum absolute atomic E-state index is 12.6. The van der Waals surface area contributed by atoms with Gasteiger partial charge >= 0.3 is 0 Å². The van der Waals surface area contributed by atoms with Crippen LogP contribution in [0, 0.1) is 17.2 Å². The average molecular weight is 411 g/mol. The number of thiophene rings is 1. The zero-order valence-corrected chi connectivity index (χ0v) is 17.5. The molecule has 1 aromatic heterocycles. The largest absolute Gasteiger partial charge is 0.506 e. The molecule has 7 heteroatoms. The molecule has 1 aromatic carbocycles. The highest BCUT2D eigenvalue weighted by Crippen LogP contribution is 2.39. The number of piperazine rings is 1. The second-order valence-electron chi connectivity index (χ2n) is 7.97. The van der Waals surface area contributed by atoms with Gasteiger partial charge in [0.15, 0.2) is 0 Å². The molecule has 1 saturated heterocycles. The second kappa shape index (κ2) is 8.44. The van der Waals surface area contributed by atoms with Gasteiger partial charge in [-0.1, -0.05) is 19.1 Å². The van der Waals surface area contributed by atoms with Crippen LogP contribution in [-0.4, -0.2) is 48.6 Å². The Hall–Kier alpha value is -2.56. The van der Waals surface area contributed by atoms with E-state index in [1.165, 1.54) is 4.88 Å². The lowest BCUT2D eigenvalue weighted by atomic mass is 9.89. The third kappa shape index (κ3) is 4.24. The van der Waals surface area contributed by atoms with Crippen LogP contribution in [0.4, 0.5) is 10.7 Å². The first-order valence-electron chi connectivity index (χ1n) is 10.1. The molecule has 2 aliphatic rings. The first kappa shape index (κ1) is 19.7. The van der Waals surface area contributed by atoms with Crippen molar-refractivity contribution in [3.8, 4) is 11.8 Å². The summed E-state index contributed by atoms with van der Waals surface area (Å²) < 4.78 is 0. The summed E-state index contributed by atoms with van der Waals surface area (Å²) in [6.07, 6.45) is 3.03. The Bertz CT molecular complexity index is 941. The van der Waals surface area contributed by atoms with Crippen molar-refractivity contribution in [2.45, 2.75) is 26.2 Å². The Morgan fingerprint density at radius 3 is 2.79 bits per heavy atom. The van der Waals surface area contributed by atoms with E-state index >= 15 is 0 Å². The van der Waals surface area contributed by atoms with Crippen molar-refractivity contribution in [3.05, 3.63) is 40.3 Å². The van der Waals surface area contributed by atoms with Gasteiger partial charge in [0.05, 0.1) is 17.8 Å². The summed E-state index contributed by atoms with van der Waals surface area (Å²) in [5.41, 5.74) is 2.64. The Labute approximate surface area is 175 Å². The van der Waals surface area contributed by atoms with Crippen LogP contribution in [0.5, 0.6) is 5.75 Å². The number of anilines is 2. The maximum atomic E-state index is 12.6. The number of rotatable bonds is 4. The minimum absolute atomic E-state index is 0.0656. The highest BCUT2D eigenvalue weighted by Gasteiger charge is 2.26. The predicted molar refractivity (Wildman–Crippen MR) is 116 cm³/mol. The van der Waals surface area contributed by atoms with E-state index in [0.717, 1.165) is 56.7 Å². The molecular formula is C22H26N4O2S. The number of fused-ring (bicyclic) bond motifs is 1. The first-order valence-corrected chi connectivity index (χ1v) is 11.0. The van der Waals surface area contributed by atoms with Crippen molar-refractivity contribution >= 4 is 27.9 Å². The third-order valence-corrected chi connectivity index (χ3v) is 7.01. The number of hydrogen-bond acceptors (Lipinski definition) is 6. The minimum atomic E-state index is -0.0656. The number of para-hydroxylation sites is 2. The number of phenolic OH excluding ortho intramolecular Hbond substituents is 1. The molecule has 6 nitrogen and oxygen atoms in total. The summed E-state index contributed by atoms with van der Waals surface area (Å²) in [4.78, 5) is 18.1. The molecule has 2 N–H and O–H groups in total. The standard InChI is InChI=1S/C22H26N4O2S/c1-15-6-7-16-17(13-23)22(29-20(16)12-15)24-21(28)14-25-8-10-26(11-9-25)18-4-2-3-5-19(18)27/h2-5,15,27H,6-12,14H2,1H3,(H,24,28). The van der Waals surface area contributed by atoms with E-state index in [1.807, 2.05) is 18.2 Å². The summed E-state index contributed by atoms with van der Waals surface area (Å²) >= 11 is 1.57. The fourth-order valence-electron chi connectivity index (χ4n) is 4.20. The number of carbonyl (C=O) groups excluding carboxylic acids is 1. The smallest absolute Gasteiger partial charge is 0.239 e. The van der Waals surface area contributed by atoms with Crippen molar-refractivity contribution in [2.24, 2.45) is 5.92 Å². The van der Waals surface area contributed by atoms with Crippen LogP contribution >= 0.6 is 11.3 Å². The van der Waals surface area contributed by atoms with Gasteiger partial charge in [0.2, 0.25) is 5.91 Å². The van der Waals surface area contributed by atoms with E-state index in [2.05, 4.69) is 28.1 Å². The summed E-state index contributed by atoms with van der Waals surface area (Å²) in [7, 11) is 0. The van der Waals surface area contributed by atoms with Crippen LogP contribution in [0.1, 0.15) is 29.3 Å². The van der Waals surface area contributed by atoms with E-state index in [9.17, 15) is 15.2 Å². The Morgan fingerprint density at radius 1 is 1.31 bits per heavy atom. The fourth-order valence-corrected chi connectivity index (χ4v) is 5.58. The van der Waals surface area contributed by atoms with Gasteiger partial charge in [-0.3, -0.25) is 9.69 Å². The van der Waals surface area contributed by atoms with Gasteiger partial charge in [-0.15, -0.1) is 11.3 Å². The number of amides is 1. The number of phenols is 1. The molecule has 0 bridgehead atoms. The zero-order chi connectivity index (χ0) is 20.4. The molecule has 1 unspecified atom stereocenters. The second-order valence-corrected chi connectivity index (χ2v) is 9.07. The van der Waals surface area contributed by atoms with Gasteiger partial charge in [0.1, 0.15) is 16.8 Å². The van der Waals surface area contributed by atoms with Gasteiger partial charge in [-0.25, -0.2) is 0 Å². The van der Waals surface area contributed by atoms with Gasteiger partial charge in [0, 0.05) is 31.1 Å². The van der Waals surface area contributed by atoms with Crippen molar-refractivity contribution in [2.75, 3.05) is 42.9 Å². The molecule has 152 valence electrons. The lowest BCUT2D eigenvalue weighted by Crippen LogP contribution is -2.48. The SMILES string of the molecule is CC1CCc2c(sc(NC(=O)CN3CCN(c4ccccc4O)CC3)c2C#N)C1. The summed E-state index contributed by atoms with van der Waals surface area (Å²) in [6.45, 7) is 5.59. The third-order valence-electron chi connectivity index (χ3n) is 5.84. The van der Waals surface area contributed by atoms with E-state index in [-0.39, 0.29) is 5.91 Å². The predicted octanol–water partition coefficient (Wildman–Crippen LogP) is 3.21. The number of nitriles is 1. The molecule has 1 fully saturated rings. The molecule has 0 spiro atoms. The highest BCUT2D eigenvalue weighted by molar-refractivity contribution is 7.16. The average Bonchev–Trinajstić information content (AvgIpc) is 3.04. The quantitative estimate of drug-likeness (QED) is 0.809. The molecule has 2 aromatic rings. The number of nitrogens with zero attached hydrogens (tertiary/aromatic N) is 3. The van der Waals surface area contributed by atoms with E-state index in [0.29, 0.717) is 28.8 Å². The number of hydrogen-bond donors (Lipinski definition) is 2. The fraction of sp³-hybridized carbons (Fsp3) is 0.455. The summed E-state index contributed by atoms with van der Waals surface area (Å²) in [6, 6.07) is 9.66. The molecule has 1 aliphatic carbocycles. The molecule has 1 atom stereocenters. The number of benzene rings is 1. The van der Waals surface area contributed by atoms with Crippen LogP contribution in [0.25, 0.3) is 0 Å². The lowest BCUT2D eigenvalue weighted by molar-refractivity contribution is -0.117. The highest BCUT2D eigenvalue weighted by atomic mass is 32.1. The van der Waals surface area contributed by atoms with Gasteiger partial charge in [-0.2, -0.15) is 5.26 Å². The molecule has 1 aliphatic heterocycles. The van der Waals surface area contributed by atoms with Gasteiger partial charge in [0.25, 0.3) is 0 Å². The molecule has 2 heterocycles. The van der Waals surface area contributed by atoms with Crippen LogP contribution in [0.15, 0.2) is 24.3 Å². The van der Waals surface area contributed by atoms with Crippen LogP contribution in [-0.2, 0) is 17.6 Å². The topological polar surface area (TPSA) is 79.6 Å². The van der Waals surface area contributed by atoms with Crippen molar-refractivity contribution in [1.82, 2.24) is 4.90 Å². The molecule has 4 rings (SSSR count). The number of aromatic hydroxyl groups is 1. The monoisotopic (exact) mass is 410 g/mol. The van der Waals surface area contributed by atoms with Crippen molar-refractivity contribution in [3.63, 3.8) is 0 Å². The molecule has 0 radical (unpaired) electrons. The lowest BCUT2D eigenvalue weighted by Gasteiger charge is -2.35. The Morgan fingerprint density at radius 2 is 2.07 bits per heavy atom. The molecular weight excluding hydrogens is 384 g/mol. The van der Waals surface area contributed by atoms with E-state index in [4.69, 9.17) is 0 Å². The molecule has 29 heavy (non-hydrogen) atoms. The van der Waals surface area contributed by atoms with Gasteiger partial charge in [-0.05, 0) is 42.9 Å². The normalized spacial score (nSPS) is 19.4. The van der Waals surface area contributed by atoms with Crippen molar-refractivity contribution < 1.29 is 9.90 Å². The molecule has 0 saturated carbocycles. The Kier molecular flexibility index (Phi) is 5.74. The number of nitrogens with one attached hydrogen (secondary N) is 1. The van der Waals surface area contributed by atoms with Gasteiger partial charge < -0.3 is 15.3 Å². The van der Waals surface area contributed by atoms with Crippen LogP contribution in [0.2, 0.25) is 0 Å². The van der Waals surface area contributed by atoms with Crippen LogP contribution in [0.3, 0.4) is 0 Å². The summed E-state index contributed by atoms with van der Waals surface area (Å²) in [5, 5.41) is 23.3.